The molecule has 2 aromatic heterocycles. The topological polar surface area (TPSA) is 129 Å². The van der Waals surface area contributed by atoms with Gasteiger partial charge >= 0.3 is 0 Å². The number of furan rings is 1. The fraction of sp³-hybridized carbons (Fsp3) is 0.171. The summed E-state index contributed by atoms with van der Waals surface area (Å²) in [6, 6.07) is 24.1. The van der Waals surface area contributed by atoms with Crippen molar-refractivity contribution in [2.45, 2.75) is 32.7 Å². The van der Waals surface area contributed by atoms with Gasteiger partial charge in [-0.1, -0.05) is 67.6 Å². The van der Waals surface area contributed by atoms with Gasteiger partial charge in [-0.3, -0.25) is 24.3 Å². The Labute approximate surface area is 267 Å². The molecule has 0 saturated heterocycles. The number of benzene rings is 3. The van der Waals surface area contributed by atoms with Crippen LogP contribution in [0.4, 0.5) is 11.4 Å². The molecule has 0 aliphatic carbocycles. The Hall–Kier alpha value is -5.55. The Bertz CT molecular complexity index is 2180. The van der Waals surface area contributed by atoms with Crippen molar-refractivity contribution in [1.82, 2.24) is 4.57 Å². The van der Waals surface area contributed by atoms with E-state index in [9.17, 15) is 19.7 Å². The van der Waals surface area contributed by atoms with Crippen LogP contribution in [0.5, 0.6) is 5.75 Å². The second-order valence-electron chi connectivity index (χ2n) is 11.1. The fourth-order valence-electron chi connectivity index (χ4n) is 5.41. The molecule has 1 N–H and O–H groups in total. The summed E-state index contributed by atoms with van der Waals surface area (Å²) in [6.07, 6.45) is 1.59. The highest BCUT2D eigenvalue weighted by Crippen LogP contribution is 2.35. The number of carbonyl (C=O) groups is 1. The Morgan fingerprint density at radius 1 is 1.09 bits per heavy atom. The first-order valence-electron chi connectivity index (χ1n) is 14.6. The van der Waals surface area contributed by atoms with Gasteiger partial charge in [-0.15, -0.1) is 0 Å². The molecule has 0 spiro atoms. The molecule has 0 bridgehead atoms. The van der Waals surface area contributed by atoms with Gasteiger partial charge in [0.15, 0.2) is 4.80 Å². The number of aromatic nitrogens is 1. The molecule has 1 aliphatic rings. The van der Waals surface area contributed by atoms with Crippen LogP contribution in [-0.4, -0.2) is 22.5 Å². The van der Waals surface area contributed by atoms with Crippen LogP contribution in [0.1, 0.15) is 49.6 Å². The predicted octanol–water partition coefficient (Wildman–Crippen LogP) is 6.17. The van der Waals surface area contributed by atoms with Gasteiger partial charge in [0, 0.05) is 11.8 Å². The standard InChI is InChI=1S/C35H30N4O6S/c1-20(2)22-10-12-23(13-11-22)32-31(33(40)37-24-8-6-5-7-9-24)21(3)36-35-38(32)34(41)30(46-35)19-26-15-17-29(45-26)27-16-14-25(44-4)18-28(27)39(42)43/h5-20,32H,1-4H3,(H,37,40)/b30-19-. The second-order valence-corrected chi connectivity index (χ2v) is 12.1. The molecular weight excluding hydrogens is 604 g/mol. The molecule has 3 heterocycles. The van der Waals surface area contributed by atoms with Gasteiger partial charge in [-0.2, -0.15) is 0 Å². The Morgan fingerprint density at radius 2 is 1.83 bits per heavy atom. The normalized spacial score (nSPS) is 14.6. The third-order valence-corrected chi connectivity index (χ3v) is 8.77. The molecular formula is C35H30N4O6S. The number of methoxy groups -OCH3 is 1. The molecule has 10 nitrogen and oxygen atoms in total. The third kappa shape index (κ3) is 5.80. The van der Waals surface area contributed by atoms with Crippen molar-refractivity contribution in [1.29, 1.82) is 0 Å². The van der Waals surface area contributed by atoms with Crippen LogP contribution in [0.25, 0.3) is 17.4 Å². The number of nitro groups is 1. The number of nitrogens with zero attached hydrogens (tertiary/aromatic N) is 3. The number of para-hydroxylation sites is 1. The summed E-state index contributed by atoms with van der Waals surface area (Å²) in [7, 11) is 1.44. The summed E-state index contributed by atoms with van der Waals surface area (Å²) < 4.78 is 13.0. The minimum atomic E-state index is -0.725. The highest BCUT2D eigenvalue weighted by atomic mass is 32.1. The monoisotopic (exact) mass is 634 g/mol. The van der Waals surface area contributed by atoms with E-state index in [2.05, 4.69) is 19.2 Å². The van der Waals surface area contributed by atoms with E-state index in [4.69, 9.17) is 14.1 Å². The van der Waals surface area contributed by atoms with E-state index < -0.39 is 11.0 Å². The lowest BCUT2D eigenvalue weighted by Gasteiger charge is -2.25. The molecule has 5 aromatic rings. The van der Waals surface area contributed by atoms with Crippen molar-refractivity contribution in [3.8, 4) is 17.1 Å². The van der Waals surface area contributed by atoms with Crippen molar-refractivity contribution in [3.05, 3.63) is 143 Å². The van der Waals surface area contributed by atoms with Crippen LogP contribution in [0, 0.1) is 10.1 Å². The summed E-state index contributed by atoms with van der Waals surface area (Å²) in [5.41, 5.74) is 3.19. The maximum Gasteiger partial charge on any atom is 0.284 e. The van der Waals surface area contributed by atoms with E-state index in [1.807, 2.05) is 42.5 Å². The van der Waals surface area contributed by atoms with E-state index >= 15 is 0 Å². The predicted molar refractivity (Wildman–Crippen MR) is 177 cm³/mol. The molecule has 0 saturated carbocycles. The van der Waals surface area contributed by atoms with Crippen LogP contribution in [0.3, 0.4) is 0 Å². The number of thiazole rings is 1. The van der Waals surface area contributed by atoms with Crippen LogP contribution in [-0.2, 0) is 4.79 Å². The average Bonchev–Trinajstić information content (AvgIpc) is 3.64. The number of hydrogen-bond acceptors (Lipinski definition) is 8. The minimum Gasteiger partial charge on any atom is -0.497 e. The van der Waals surface area contributed by atoms with Crippen LogP contribution in [0.15, 0.2) is 110 Å². The number of hydrogen-bond donors (Lipinski definition) is 1. The van der Waals surface area contributed by atoms with E-state index in [-0.39, 0.29) is 28.5 Å². The zero-order valence-electron chi connectivity index (χ0n) is 25.5. The molecule has 1 unspecified atom stereocenters. The lowest BCUT2D eigenvalue weighted by Crippen LogP contribution is -2.40. The largest absolute Gasteiger partial charge is 0.497 e. The van der Waals surface area contributed by atoms with Gasteiger partial charge in [0.1, 0.15) is 17.3 Å². The van der Waals surface area contributed by atoms with Gasteiger partial charge in [-0.05, 0) is 60.4 Å². The number of ether oxygens (including phenoxy) is 1. The molecule has 1 aliphatic heterocycles. The smallest absolute Gasteiger partial charge is 0.284 e. The molecule has 1 atom stereocenters. The van der Waals surface area contributed by atoms with Crippen molar-refractivity contribution >= 4 is 34.7 Å². The Balaban J connectivity index is 1.44. The lowest BCUT2D eigenvalue weighted by atomic mass is 9.93. The zero-order chi connectivity index (χ0) is 32.5. The summed E-state index contributed by atoms with van der Waals surface area (Å²) >= 11 is 1.18. The number of carbonyl (C=O) groups excluding carboxylic acids is 1. The first-order chi connectivity index (χ1) is 22.1. The number of anilines is 1. The van der Waals surface area contributed by atoms with E-state index in [0.29, 0.717) is 43.7 Å². The molecule has 232 valence electrons. The fourth-order valence-corrected chi connectivity index (χ4v) is 6.44. The number of allylic oxidation sites excluding steroid dienone is 1. The van der Waals surface area contributed by atoms with Crippen LogP contribution < -0.4 is 24.9 Å². The third-order valence-electron chi connectivity index (χ3n) is 7.78. The molecule has 11 heteroatoms. The van der Waals surface area contributed by atoms with Crippen LogP contribution in [0.2, 0.25) is 0 Å². The molecule has 0 fully saturated rings. The maximum absolute atomic E-state index is 14.1. The first kappa shape index (κ1) is 30.5. The number of fused-ring (bicyclic) bond motifs is 1. The quantitative estimate of drug-likeness (QED) is 0.161. The van der Waals surface area contributed by atoms with E-state index in [1.165, 1.54) is 24.5 Å². The summed E-state index contributed by atoms with van der Waals surface area (Å²) in [5.74, 6) is 0.917. The lowest BCUT2D eigenvalue weighted by molar-refractivity contribution is -0.384. The van der Waals surface area contributed by atoms with Gasteiger partial charge in [0.05, 0.1) is 45.5 Å². The van der Waals surface area contributed by atoms with Gasteiger partial charge in [0.2, 0.25) is 0 Å². The molecule has 46 heavy (non-hydrogen) atoms. The first-order valence-corrected chi connectivity index (χ1v) is 15.4. The summed E-state index contributed by atoms with van der Waals surface area (Å²) in [6.45, 7) is 5.98. The minimum absolute atomic E-state index is 0.167. The summed E-state index contributed by atoms with van der Waals surface area (Å²) in [4.78, 5) is 44.3. The van der Waals surface area contributed by atoms with Crippen molar-refractivity contribution in [2.24, 2.45) is 4.99 Å². The molecule has 1 amide bonds. The van der Waals surface area contributed by atoms with E-state index in [1.54, 1.807) is 54.0 Å². The van der Waals surface area contributed by atoms with Gasteiger partial charge < -0.3 is 14.5 Å². The maximum atomic E-state index is 14.1. The number of nitrogens with one attached hydrogen (secondary N) is 1. The Morgan fingerprint density at radius 3 is 2.50 bits per heavy atom. The number of nitro benzene ring substituents is 1. The van der Waals surface area contributed by atoms with E-state index in [0.717, 1.165) is 11.1 Å². The average molecular weight is 635 g/mol. The Kier molecular flexibility index (Phi) is 8.25. The zero-order valence-corrected chi connectivity index (χ0v) is 26.3. The highest BCUT2D eigenvalue weighted by Gasteiger charge is 2.32. The SMILES string of the molecule is COc1ccc(-c2ccc(/C=c3\sc4n(c3=O)C(c3ccc(C(C)C)cc3)C(C(=O)Nc3ccccc3)=C(C)N=4)o2)c([N+](=O)[O-])c1. The number of amides is 1. The van der Waals surface area contributed by atoms with Crippen LogP contribution >= 0.6 is 11.3 Å². The highest BCUT2D eigenvalue weighted by molar-refractivity contribution is 7.07. The van der Waals surface area contributed by atoms with Gasteiger partial charge in [-0.25, -0.2) is 4.99 Å². The van der Waals surface area contributed by atoms with Crippen molar-refractivity contribution < 1.29 is 18.9 Å². The van der Waals surface area contributed by atoms with Gasteiger partial charge in [0.25, 0.3) is 17.2 Å². The van der Waals surface area contributed by atoms with Crippen molar-refractivity contribution in [2.75, 3.05) is 12.4 Å². The summed E-state index contributed by atoms with van der Waals surface area (Å²) in [5, 5.41) is 14.7. The number of rotatable bonds is 8. The van der Waals surface area contributed by atoms with Crippen molar-refractivity contribution in [3.63, 3.8) is 0 Å². The molecule has 0 radical (unpaired) electrons. The molecule has 3 aromatic carbocycles. The second kappa shape index (κ2) is 12.4. The molecule has 6 rings (SSSR count).